The van der Waals surface area contributed by atoms with Gasteiger partial charge in [-0.05, 0) is 37.2 Å². The van der Waals surface area contributed by atoms with Crippen molar-refractivity contribution in [1.29, 1.82) is 0 Å². The highest BCUT2D eigenvalue weighted by Gasteiger charge is 2.02. The molecule has 20 heavy (non-hydrogen) atoms. The zero-order valence-electron chi connectivity index (χ0n) is 11.1. The third-order valence-electron chi connectivity index (χ3n) is 2.36. The predicted octanol–water partition coefficient (Wildman–Crippen LogP) is 1.04. The van der Waals surface area contributed by atoms with Crippen molar-refractivity contribution in [1.82, 2.24) is 0 Å². The van der Waals surface area contributed by atoms with E-state index in [1.165, 1.54) is 0 Å². The molecule has 0 aromatic heterocycles. The zero-order valence-corrected chi connectivity index (χ0v) is 11.9. The Morgan fingerprint density at radius 2 is 1.80 bits per heavy atom. The average Bonchev–Trinajstić information content (AvgIpc) is 2.38. The van der Waals surface area contributed by atoms with Crippen molar-refractivity contribution in [2.45, 2.75) is 19.3 Å². The molecule has 0 aliphatic heterocycles. The Hall–Kier alpha value is -1.79. The molecule has 7 heteroatoms. The molecule has 6 nitrogen and oxygen atoms in total. The second-order valence-electron chi connectivity index (χ2n) is 4.03. The van der Waals surface area contributed by atoms with Crippen LogP contribution in [-0.2, 0) is 9.59 Å². The van der Waals surface area contributed by atoms with Crippen molar-refractivity contribution in [3.63, 3.8) is 0 Å². The molecule has 0 heterocycles. The number of amides is 2. The minimum atomic E-state index is -0.399. The van der Waals surface area contributed by atoms with Crippen LogP contribution in [-0.4, -0.2) is 25.0 Å². The van der Waals surface area contributed by atoms with E-state index >= 15 is 0 Å². The van der Waals surface area contributed by atoms with E-state index in [1.807, 2.05) is 0 Å². The molecule has 0 unspecified atom stereocenters. The predicted molar refractivity (Wildman–Crippen MR) is 79.9 cm³/mol. The van der Waals surface area contributed by atoms with Gasteiger partial charge in [0.2, 0.25) is 11.8 Å². The zero-order chi connectivity index (χ0) is 14.1. The van der Waals surface area contributed by atoms with Gasteiger partial charge in [0.1, 0.15) is 5.75 Å². The first-order chi connectivity index (χ1) is 9.11. The summed E-state index contributed by atoms with van der Waals surface area (Å²) in [6.45, 7) is 0.748. The molecule has 0 saturated heterocycles. The molecule has 0 aliphatic rings. The molecule has 0 saturated carbocycles. The van der Waals surface area contributed by atoms with Gasteiger partial charge in [0, 0.05) is 12.1 Å². The van der Waals surface area contributed by atoms with E-state index in [4.69, 9.17) is 16.2 Å². The number of carbonyl (C=O) groups excluding carboxylic acids is 2. The first-order valence-corrected chi connectivity index (χ1v) is 6.13. The molecule has 112 valence electrons. The molecule has 1 aromatic carbocycles. The second kappa shape index (κ2) is 10.1. The van der Waals surface area contributed by atoms with E-state index in [1.54, 1.807) is 24.3 Å². The molecule has 1 aromatic rings. The van der Waals surface area contributed by atoms with Crippen molar-refractivity contribution >= 4 is 29.9 Å². The fraction of sp³-hybridized carbons (Fsp3) is 0.385. The van der Waals surface area contributed by atoms with Crippen LogP contribution in [0.5, 0.6) is 5.75 Å². The molecule has 1 rings (SSSR count). The summed E-state index contributed by atoms with van der Waals surface area (Å²) >= 11 is 0. The number of nitrogens with one attached hydrogen (secondary N) is 1. The van der Waals surface area contributed by atoms with Crippen LogP contribution in [0.4, 0.5) is 5.69 Å². The number of ether oxygens (including phenoxy) is 1. The Balaban J connectivity index is 0.00000361. The first-order valence-electron chi connectivity index (χ1n) is 6.13. The Morgan fingerprint density at radius 1 is 1.15 bits per heavy atom. The second-order valence-corrected chi connectivity index (χ2v) is 4.03. The van der Waals surface area contributed by atoms with Gasteiger partial charge >= 0.3 is 0 Å². The van der Waals surface area contributed by atoms with Crippen molar-refractivity contribution in [3.05, 3.63) is 24.3 Å². The van der Waals surface area contributed by atoms with Crippen molar-refractivity contribution < 1.29 is 14.3 Å². The number of benzene rings is 1. The summed E-state index contributed by atoms with van der Waals surface area (Å²) in [5, 5.41) is 2.75. The van der Waals surface area contributed by atoms with Crippen LogP contribution in [0.3, 0.4) is 0 Å². The van der Waals surface area contributed by atoms with Gasteiger partial charge in [-0.15, -0.1) is 12.4 Å². The number of halogens is 1. The van der Waals surface area contributed by atoms with Crippen LogP contribution < -0.4 is 21.5 Å². The molecule has 2 amide bonds. The Labute approximate surface area is 124 Å². The molecule has 0 fully saturated rings. The van der Waals surface area contributed by atoms with Gasteiger partial charge in [-0.3, -0.25) is 9.59 Å². The monoisotopic (exact) mass is 301 g/mol. The lowest BCUT2D eigenvalue weighted by Gasteiger charge is -2.07. The van der Waals surface area contributed by atoms with E-state index in [0.29, 0.717) is 30.8 Å². The Kier molecular flexibility index (Phi) is 9.15. The van der Waals surface area contributed by atoms with Crippen LogP contribution >= 0.6 is 12.4 Å². The van der Waals surface area contributed by atoms with Crippen molar-refractivity contribution in [2.24, 2.45) is 11.5 Å². The van der Waals surface area contributed by atoms with Gasteiger partial charge in [0.05, 0.1) is 13.0 Å². The largest absolute Gasteiger partial charge is 0.493 e. The minimum absolute atomic E-state index is 0. The molecule has 0 bridgehead atoms. The number of carbonyl (C=O) groups is 2. The van der Waals surface area contributed by atoms with Crippen molar-refractivity contribution in [3.8, 4) is 5.75 Å². The van der Waals surface area contributed by atoms with Gasteiger partial charge in [-0.25, -0.2) is 0 Å². The third kappa shape index (κ3) is 7.60. The SMILES string of the molecule is Cl.NCCCC(=O)Nc1ccc(OCCC(N)=O)cc1. The number of primary amides is 1. The lowest BCUT2D eigenvalue weighted by atomic mass is 10.2. The molecular formula is C13H20ClN3O3. The summed E-state index contributed by atoms with van der Waals surface area (Å²) in [6, 6.07) is 6.92. The topological polar surface area (TPSA) is 107 Å². The lowest BCUT2D eigenvalue weighted by Crippen LogP contribution is -2.14. The minimum Gasteiger partial charge on any atom is -0.493 e. The summed E-state index contributed by atoms with van der Waals surface area (Å²) in [7, 11) is 0. The van der Waals surface area contributed by atoms with Crippen LogP contribution in [0.25, 0.3) is 0 Å². The molecule has 0 aliphatic carbocycles. The van der Waals surface area contributed by atoms with Crippen LogP contribution in [0.15, 0.2) is 24.3 Å². The maximum Gasteiger partial charge on any atom is 0.224 e. The van der Waals surface area contributed by atoms with Crippen LogP contribution in [0.2, 0.25) is 0 Å². The van der Waals surface area contributed by atoms with E-state index < -0.39 is 5.91 Å². The van der Waals surface area contributed by atoms with E-state index in [-0.39, 0.29) is 31.3 Å². The number of hydrogen-bond donors (Lipinski definition) is 3. The normalized spacial score (nSPS) is 9.45. The summed E-state index contributed by atoms with van der Waals surface area (Å²) in [6.07, 6.45) is 1.26. The highest BCUT2D eigenvalue weighted by atomic mass is 35.5. The van der Waals surface area contributed by atoms with Gasteiger partial charge in [0.15, 0.2) is 0 Å². The van der Waals surface area contributed by atoms with Gasteiger partial charge in [-0.1, -0.05) is 0 Å². The molecule has 0 radical (unpaired) electrons. The summed E-state index contributed by atoms with van der Waals surface area (Å²) in [4.78, 5) is 22.0. The Bertz CT molecular complexity index is 423. The number of hydrogen-bond acceptors (Lipinski definition) is 4. The van der Waals surface area contributed by atoms with Crippen LogP contribution in [0.1, 0.15) is 19.3 Å². The quantitative estimate of drug-likeness (QED) is 0.666. The molecule has 0 atom stereocenters. The molecular weight excluding hydrogens is 282 g/mol. The Morgan fingerprint density at radius 3 is 2.35 bits per heavy atom. The molecule has 5 N–H and O–H groups in total. The first kappa shape index (κ1) is 18.2. The molecule has 0 spiro atoms. The maximum atomic E-state index is 11.5. The van der Waals surface area contributed by atoms with Crippen molar-refractivity contribution in [2.75, 3.05) is 18.5 Å². The summed E-state index contributed by atoms with van der Waals surface area (Å²) < 4.78 is 5.31. The van der Waals surface area contributed by atoms with E-state index in [9.17, 15) is 9.59 Å². The van der Waals surface area contributed by atoms with E-state index in [0.717, 1.165) is 0 Å². The third-order valence-corrected chi connectivity index (χ3v) is 2.36. The average molecular weight is 302 g/mol. The fourth-order valence-electron chi connectivity index (χ4n) is 1.39. The highest BCUT2D eigenvalue weighted by Crippen LogP contribution is 2.16. The maximum absolute atomic E-state index is 11.5. The highest BCUT2D eigenvalue weighted by molar-refractivity contribution is 5.90. The number of nitrogens with two attached hydrogens (primary N) is 2. The number of anilines is 1. The standard InChI is InChI=1S/C13H19N3O3.ClH/c14-8-1-2-13(18)16-10-3-5-11(6-4-10)19-9-7-12(15)17;/h3-6H,1-2,7-9,14H2,(H2,15,17)(H,16,18);1H. The van der Waals surface area contributed by atoms with Gasteiger partial charge in [0.25, 0.3) is 0 Å². The van der Waals surface area contributed by atoms with Gasteiger partial charge in [-0.2, -0.15) is 0 Å². The smallest absolute Gasteiger partial charge is 0.224 e. The fourth-order valence-corrected chi connectivity index (χ4v) is 1.39. The van der Waals surface area contributed by atoms with E-state index in [2.05, 4.69) is 5.32 Å². The van der Waals surface area contributed by atoms with Gasteiger partial charge < -0.3 is 21.5 Å². The lowest BCUT2D eigenvalue weighted by molar-refractivity contribution is -0.118. The number of rotatable bonds is 8. The summed E-state index contributed by atoms with van der Waals surface area (Å²) in [5.41, 5.74) is 11.0. The van der Waals surface area contributed by atoms with Crippen LogP contribution in [0, 0.1) is 0 Å². The summed E-state index contributed by atoms with van der Waals surface area (Å²) in [5.74, 6) is 0.165.